The predicted octanol–water partition coefficient (Wildman–Crippen LogP) is 3.27. The second-order valence-electron chi connectivity index (χ2n) is 6.99. The number of morpholine rings is 1. The van der Waals surface area contributed by atoms with Crippen molar-refractivity contribution in [3.05, 3.63) is 47.0 Å². The molecule has 146 valence electrons. The van der Waals surface area contributed by atoms with Crippen molar-refractivity contribution in [3.63, 3.8) is 0 Å². The van der Waals surface area contributed by atoms with Gasteiger partial charge in [-0.15, -0.1) is 0 Å². The van der Waals surface area contributed by atoms with E-state index in [2.05, 4.69) is 30.9 Å². The molecule has 0 aliphatic carbocycles. The summed E-state index contributed by atoms with van der Waals surface area (Å²) in [6.45, 7) is 9.39. The number of aryl methyl sites for hydroxylation is 3. The second kappa shape index (κ2) is 8.00. The molecule has 0 radical (unpaired) electrons. The smallest absolute Gasteiger partial charge is 0.238 e. The van der Waals surface area contributed by atoms with Gasteiger partial charge in [-0.2, -0.15) is 0 Å². The zero-order chi connectivity index (χ0) is 19.6. The van der Waals surface area contributed by atoms with E-state index in [0.29, 0.717) is 5.56 Å². The van der Waals surface area contributed by atoms with Gasteiger partial charge in [-0.1, -0.05) is 31.5 Å². The number of ether oxygens (including phenoxy) is 1. The van der Waals surface area contributed by atoms with E-state index >= 15 is 0 Å². The first-order valence-corrected chi connectivity index (χ1v) is 11.0. The Labute approximate surface area is 162 Å². The van der Waals surface area contributed by atoms with Crippen molar-refractivity contribution in [2.45, 2.75) is 38.5 Å². The van der Waals surface area contributed by atoms with Crippen LogP contribution >= 0.6 is 0 Å². The van der Waals surface area contributed by atoms with E-state index in [9.17, 15) is 8.42 Å². The zero-order valence-electron chi connectivity index (χ0n) is 16.3. The Balaban J connectivity index is 2.23. The fourth-order valence-electron chi connectivity index (χ4n) is 3.74. The van der Waals surface area contributed by atoms with E-state index in [0.717, 1.165) is 61.4 Å². The first-order chi connectivity index (χ1) is 12.8. The fourth-order valence-corrected chi connectivity index (χ4v) is 4.47. The monoisotopic (exact) mass is 388 g/mol. The van der Waals surface area contributed by atoms with E-state index in [-0.39, 0.29) is 4.90 Å². The van der Waals surface area contributed by atoms with Gasteiger partial charge in [-0.25, -0.2) is 13.6 Å². The Morgan fingerprint density at radius 3 is 2.15 bits per heavy atom. The summed E-state index contributed by atoms with van der Waals surface area (Å²) in [5.74, 6) is 0. The normalized spacial score (nSPS) is 15.2. The number of rotatable bonds is 5. The number of nitrogens with two attached hydrogens (primary N) is 1. The molecule has 0 saturated carbocycles. The molecule has 0 bridgehead atoms. The highest BCUT2D eigenvalue weighted by Gasteiger charge is 2.21. The average Bonchev–Trinajstić information content (AvgIpc) is 2.66. The van der Waals surface area contributed by atoms with Crippen molar-refractivity contribution in [1.82, 2.24) is 0 Å². The molecule has 0 aromatic heterocycles. The Bertz CT molecular complexity index is 907. The van der Waals surface area contributed by atoms with Crippen LogP contribution in [0.1, 0.15) is 30.5 Å². The molecule has 5 nitrogen and oxygen atoms in total. The third-order valence-electron chi connectivity index (χ3n) is 5.14. The number of hydrogen-bond acceptors (Lipinski definition) is 4. The number of benzene rings is 2. The predicted molar refractivity (Wildman–Crippen MR) is 110 cm³/mol. The highest BCUT2D eigenvalue weighted by Crippen LogP contribution is 2.37. The summed E-state index contributed by atoms with van der Waals surface area (Å²) in [5, 5.41) is 5.52. The number of sulfonamides is 1. The van der Waals surface area contributed by atoms with Crippen LogP contribution in [-0.4, -0.2) is 34.7 Å². The minimum Gasteiger partial charge on any atom is -0.378 e. The lowest BCUT2D eigenvalue weighted by atomic mass is 9.90. The Kier molecular flexibility index (Phi) is 5.89. The summed E-state index contributed by atoms with van der Waals surface area (Å²) in [7, 11) is -3.81. The molecule has 6 heteroatoms. The van der Waals surface area contributed by atoms with Crippen LogP contribution in [0.2, 0.25) is 0 Å². The van der Waals surface area contributed by atoms with Gasteiger partial charge in [0.25, 0.3) is 0 Å². The molecule has 1 fully saturated rings. The molecule has 1 saturated heterocycles. The molecule has 2 aromatic rings. The van der Waals surface area contributed by atoms with Gasteiger partial charge in [0.15, 0.2) is 0 Å². The molecule has 0 unspecified atom stereocenters. The maximum absolute atomic E-state index is 12.2. The van der Waals surface area contributed by atoms with Gasteiger partial charge in [0.2, 0.25) is 10.0 Å². The van der Waals surface area contributed by atoms with Crippen molar-refractivity contribution in [1.29, 1.82) is 0 Å². The van der Waals surface area contributed by atoms with E-state index in [4.69, 9.17) is 9.88 Å². The lowest BCUT2D eigenvalue weighted by Crippen LogP contribution is -2.36. The SMILES string of the molecule is CCc1cc(N2CCOCC2)cc(CC)c1-c1cc(C)ccc1S(N)(=O)=O. The number of primary sulfonamides is 1. The molecule has 1 aliphatic rings. The minimum absolute atomic E-state index is 0.191. The lowest BCUT2D eigenvalue weighted by molar-refractivity contribution is 0.122. The first-order valence-electron chi connectivity index (χ1n) is 9.47. The van der Waals surface area contributed by atoms with Gasteiger partial charge in [0.05, 0.1) is 18.1 Å². The molecule has 0 atom stereocenters. The van der Waals surface area contributed by atoms with Crippen molar-refractivity contribution < 1.29 is 13.2 Å². The molecule has 2 aromatic carbocycles. The van der Waals surface area contributed by atoms with Crippen molar-refractivity contribution in [3.8, 4) is 11.1 Å². The van der Waals surface area contributed by atoms with Crippen LogP contribution in [0.25, 0.3) is 11.1 Å². The molecule has 3 rings (SSSR count). The van der Waals surface area contributed by atoms with Crippen LogP contribution in [0, 0.1) is 6.92 Å². The molecule has 1 heterocycles. The molecular formula is C21H28N2O3S. The van der Waals surface area contributed by atoms with Crippen LogP contribution in [-0.2, 0) is 27.6 Å². The van der Waals surface area contributed by atoms with Gasteiger partial charge in [-0.05, 0) is 54.7 Å². The maximum atomic E-state index is 12.2. The highest BCUT2D eigenvalue weighted by atomic mass is 32.2. The van der Waals surface area contributed by atoms with Crippen LogP contribution in [0.4, 0.5) is 5.69 Å². The lowest BCUT2D eigenvalue weighted by Gasteiger charge is -2.30. The zero-order valence-corrected chi connectivity index (χ0v) is 17.1. The molecule has 27 heavy (non-hydrogen) atoms. The number of anilines is 1. The fraction of sp³-hybridized carbons (Fsp3) is 0.429. The first kappa shape index (κ1) is 19.9. The summed E-state index contributed by atoms with van der Waals surface area (Å²) in [6, 6.07) is 9.73. The van der Waals surface area contributed by atoms with Crippen molar-refractivity contribution in [2.24, 2.45) is 5.14 Å². The van der Waals surface area contributed by atoms with Crippen LogP contribution in [0.3, 0.4) is 0 Å². The molecule has 2 N–H and O–H groups in total. The Morgan fingerprint density at radius 2 is 1.63 bits per heavy atom. The molecule has 0 amide bonds. The summed E-state index contributed by atoms with van der Waals surface area (Å²) in [5.41, 5.74) is 6.20. The van der Waals surface area contributed by atoms with Gasteiger partial charge in [-0.3, -0.25) is 0 Å². The van der Waals surface area contributed by atoms with E-state index in [1.54, 1.807) is 12.1 Å². The summed E-state index contributed by atoms with van der Waals surface area (Å²) in [6.07, 6.45) is 1.64. The number of hydrogen-bond donors (Lipinski definition) is 1. The quantitative estimate of drug-likeness (QED) is 0.853. The molecule has 0 spiro atoms. The summed E-state index contributed by atoms with van der Waals surface area (Å²) < 4.78 is 29.9. The third kappa shape index (κ3) is 4.18. The number of nitrogens with zero attached hydrogens (tertiary/aromatic N) is 1. The van der Waals surface area contributed by atoms with Gasteiger partial charge >= 0.3 is 0 Å². The minimum atomic E-state index is -3.81. The van der Waals surface area contributed by atoms with Crippen molar-refractivity contribution >= 4 is 15.7 Å². The molecular weight excluding hydrogens is 360 g/mol. The van der Waals surface area contributed by atoms with Gasteiger partial charge in [0.1, 0.15) is 0 Å². The van der Waals surface area contributed by atoms with Gasteiger partial charge < -0.3 is 9.64 Å². The van der Waals surface area contributed by atoms with E-state index in [1.165, 1.54) is 5.69 Å². The summed E-state index contributed by atoms with van der Waals surface area (Å²) >= 11 is 0. The summed E-state index contributed by atoms with van der Waals surface area (Å²) in [4.78, 5) is 2.53. The van der Waals surface area contributed by atoms with E-state index < -0.39 is 10.0 Å². The van der Waals surface area contributed by atoms with Crippen LogP contribution in [0.5, 0.6) is 0 Å². The largest absolute Gasteiger partial charge is 0.378 e. The third-order valence-corrected chi connectivity index (χ3v) is 6.10. The standard InChI is InChI=1S/C21H28N2O3S/c1-4-16-13-18(23-8-10-26-11-9-23)14-17(5-2)21(16)19-12-15(3)6-7-20(19)27(22,24)25/h6-7,12-14H,4-5,8-11H2,1-3H3,(H2,22,24,25). The Hall–Kier alpha value is -1.89. The van der Waals surface area contributed by atoms with Crippen LogP contribution < -0.4 is 10.0 Å². The van der Waals surface area contributed by atoms with Crippen LogP contribution in [0.15, 0.2) is 35.2 Å². The Morgan fingerprint density at radius 1 is 1.04 bits per heavy atom. The maximum Gasteiger partial charge on any atom is 0.238 e. The highest BCUT2D eigenvalue weighted by molar-refractivity contribution is 7.89. The topological polar surface area (TPSA) is 72.6 Å². The molecule has 1 aliphatic heterocycles. The van der Waals surface area contributed by atoms with Crippen molar-refractivity contribution in [2.75, 3.05) is 31.2 Å². The average molecular weight is 389 g/mol. The second-order valence-corrected chi connectivity index (χ2v) is 8.52. The van der Waals surface area contributed by atoms with Gasteiger partial charge in [0, 0.05) is 24.3 Å². The van der Waals surface area contributed by atoms with E-state index in [1.807, 2.05) is 13.0 Å².